The van der Waals surface area contributed by atoms with Gasteiger partial charge in [-0.3, -0.25) is 19.5 Å². The van der Waals surface area contributed by atoms with Crippen LogP contribution in [-0.2, 0) is 14.3 Å². The van der Waals surface area contributed by atoms with Crippen LogP contribution in [0.2, 0.25) is 0 Å². The molecule has 9 nitrogen and oxygen atoms in total. The van der Waals surface area contributed by atoms with Gasteiger partial charge in [-0.2, -0.15) is 0 Å². The van der Waals surface area contributed by atoms with E-state index in [1.807, 2.05) is 30.3 Å². The summed E-state index contributed by atoms with van der Waals surface area (Å²) in [7, 11) is 0. The fourth-order valence-corrected chi connectivity index (χ4v) is 4.51. The van der Waals surface area contributed by atoms with E-state index in [9.17, 15) is 18.8 Å². The van der Waals surface area contributed by atoms with E-state index in [1.54, 1.807) is 22.8 Å². The summed E-state index contributed by atoms with van der Waals surface area (Å²) in [6.45, 7) is -0.580. The Balaban J connectivity index is 1.36. The molecular formula is C24H24FN5O4S. The van der Waals surface area contributed by atoms with Crippen LogP contribution in [0.3, 0.4) is 0 Å². The summed E-state index contributed by atoms with van der Waals surface area (Å²) in [5, 5.41) is 13.5. The number of esters is 1. The number of nitrogens with zero attached hydrogens (tertiary/aromatic N) is 3. The van der Waals surface area contributed by atoms with Crippen LogP contribution in [0.4, 0.5) is 9.18 Å². The average Bonchev–Trinajstić information content (AvgIpc) is 3.52. The van der Waals surface area contributed by atoms with Gasteiger partial charge in [0.05, 0.1) is 11.3 Å². The van der Waals surface area contributed by atoms with Crippen molar-refractivity contribution >= 4 is 29.7 Å². The Morgan fingerprint density at radius 2 is 1.74 bits per heavy atom. The fourth-order valence-electron chi connectivity index (χ4n) is 3.76. The molecule has 1 aliphatic carbocycles. The van der Waals surface area contributed by atoms with Crippen LogP contribution < -0.4 is 10.6 Å². The number of ether oxygens (including phenoxy) is 1. The van der Waals surface area contributed by atoms with E-state index in [0.717, 1.165) is 37.4 Å². The Morgan fingerprint density at radius 3 is 2.49 bits per heavy atom. The number of nitrogens with one attached hydrogen (secondary N) is 2. The van der Waals surface area contributed by atoms with Gasteiger partial charge in [0.1, 0.15) is 5.82 Å². The molecule has 1 saturated carbocycles. The van der Waals surface area contributed by atoms with Crippen molar-refractivity contribution in [2.24, 2.45) is 0 Å². The molecule has 3 aromatic rings. The molecule has 0 radical (unpaired) electrons. The summed E-state index contributed by atoms with van der Waals surface area (Å²) in [6.07, 6.45) is 3.88. The van der Waals surface area contributed by atoms with Gasteiger partial charge in [-0.1, -0.05) is 54.9 Å². The minimum Gasteiger partial charge on any atom is -0.455 e. The monoisotopic (exact) mass is 497 g/mol. The molecule has 4 rings (SSSR count). The van der Waals surface area contributed by atoms with Crippen LogP contribution in [0.1, 0.15) is 25.7 Å². The summed E-state index contributed by atoms with van der Waals surface area (Å²) in [5.74, 6) is -1.71. The highest BCUT2D eigenvalue weighted by molar-refractivity contribution is 7.99. The zero-order chi connectivity index (χ0) is 24.6. The van der Waals surface area contributed by atoms with Crippen LogP contribution in [0.15, 0.2) is 59.8 Å². The predicted octanol–water partition coefficient (Wildman–Crippen LogP) is 3.48. The molecule has 0 bridgehead atoms. The van der Waals surface area contributed by atoms with Gasteiger partial charge in [-0.05, 0) is 37.1 Å². The van der Waals surface area contributed by atoms with Crippen LogP contribution in [0.5, 0.6) is 0 Å². The number of urea groups is 1. The molecule has 182 valence electrons. The number of imide groups is 1. The maximum Gasteiger partial charge on any atom is 0.321 e. The van der Waals surface area contributed by atoms with Crippen molar-refractivity contribution < 1.29 is 23.5 Å². The standard InChI is InChI=1S/C24H24FN5O4S/c25-19-13-7-6-12-18(19)22-28-29-24(30(22)17-10-2-1-3-11-17)35-15-21(32)34-14-20(31)27-23(33)26-16-8-4-5-9-16/h1-3,6-7,10-13,16H,4-5,8-9,14-15H2,(H2,26,27,31,33). The van der Waals surface area contributed by atoms with Crippen molar-refractivity contribution in [2.75, 3.05) is 12.4 Å². The lowest BCUT2D eigenvalue weighted by Gasteiger charge is -2.12. The third kappa shape index (κ3) is 6.44. The first-order valence-electron chi connectivity index (χ1n) is 11.2. The first kappa shape index (κ1) is 24.4. The number of aromatic nitrogens is 3. The minimum absolute atomic E-state index is 0.0676. The number of hydrogen-bond donors (Lipinski definition) is 2. The van der Waals surface area contributed by atoms with Crippen molar-refractivity contribution in [2.45, 2.75) is 36.9 Å². The molecule has 0 spiro atoms. The highest BCUT2D eigenvalue weighted by atomic mass is 32.2. The molecule has 1 aromatic heterocycles. The Bertz CT molecular complexity index is 1200. The van der Waals surface area contributed by atoms with Crippen molar-refractivity contribution in [1.82, 2.24) is 25.4 Å². The molecule has 1 heterocycles. The van der Waals surface area contributed by atoms with Gasteiger partial charge in [0.15, 0.2) is 17.6 Å². The molecule has 0 aliphatic heterocycles. The number of rotatable bonds is 8. The summed E-state index contributed by atoms with van der Waals surface area (Å²) >= 11 is 1.04. The summed E-state index contributed by atoms with van der Waals surface area (Å²) in [6, 6.07) is 14.8. The number of carbonyl (C=O) groups is 3. The molecule has 1 aliphatic rings. The maximum absolute atomic E-state index is 14.4. The molecule has 2 aromatic carbocycles. The zero-order valence-electron chi connectivity index (χ0n) is 18.8. The Morgan fingerprint density at radius 1 is 1.03 bits per heavy atom. The van der Waals surface area contributed by atoms with Crippen molar-refractivity contribution in [3.05, 3.63) is 60.4 Å². The fraction of sp³-hybridized carbons (Fsp3) is 0.292. The second kappa shape index (κ2) is 11.6. The number of para-hydroxylation sites is 1. The van der Waals surface area contributed by atoms with E-state index in [0.29, 0.717) is 10.8 Å². The van der Waals surface area contributed by atoms with Crippen molar-refractivity contribution in [3.8, 4) is 17.1 Å². The average molecular weight is 498 g/mol. The number of hydrogen-bond acceptors (Lipinski definition) is 7. The molecular weight excluding hydrogens is 473 g/mol. The lowest BCUT2D eigenvalue weighted by molar-refractivity contribution is -0.145. The van der Waals surface area contributed by atoms with Gasteiger partial charge < -0.3 is 10.1 Å². The van der Waals surface area contributed by atoms with E-state index < -0.39 is 30.3 Å². The van der Waals surface area contributed by atoms with Crippen molar-refractivity contribution in [3.63, 3.8) is 0 Å². The maximum atomic E-state index is 14.4. The lowest BCUT2D eigenvalue weighted by Crippen LogP contribution is -2.45. The summed E-state index contributed by atoms with van der Waals surface area (Å²) in [4.78, 5) is 36.0. The summed E-state index contributed by atoms with van der Waals surface area (Å²) < 4.78 is 21.1. The predicted molar refractivity (Wildman–Crippen MR) is 127 cm³/mol. The minimum atomic E-state index is -0.715. The van der Waals surface area contributed by atoms with Gasteiger partial charge in [0.2, 0.25) is 0 Å². The first-order chi connectivity index (χ1) is 17.0. The Labute approximate surface area is 205 Å². The first-order valence-corrected chi connectivity index (χ1v) is 12.1. The van der Waals surface area contributed by atoms with Crippen LogP contribution in [0, 0.1) is 5.82 Å². The van der Waals surface area contributed by atoms with Gasteiger partial charge in [-0.15, -0.1) is 10.2 Å². The third-order valence-electron chi connectivity index (χ3n) is 5.39. The number of halogens is 1. The van der Waals surface area contributed by atoms with Crippen LogP contribution >= 0.6 is 11.8 Å². The normalized spacial score (nSPS) is 13.4. The highest BCUT2D eigenvalue weighted by Gasteiger charge is 2.21. The quantitative estimate of drug-likeness (QED) is 0.362. The zero-order valence-corrected chi connectivity index (χ0v) is 19.6. The van der Waals surface area contributed by atoms with Crippen molar-refractivity contribution in [1.29, 1.82) is 0 Å². The Hall–Kier alpha value is -3.73. The summed E-state index contributed by atoms with van der Waals surface area (Å²) in [5.41, 5.74) is 0.963. The largest absolute Gasteiger partial charge is 0.455 e. The molecule has 35 heavy (non-hydrogen) atoms. The topological polar surface area (TPSA) is 115 Å². The molecule has 0 atom stereocenters. The Kier molecular flexibility index (Phi) is 8.09. The molecule has 2 N–H and O–H groups in total. The molecule has 1 fully saturated rings. The molecule has 0 saturated heterocycles. The molecule has 3 amide bonds. The lowest BCUT2D eigenvalue weighted by atomic mass is 10.2. The number of benzene rings is 2. The van der Waals surface area contributed by atoms with Crippen LogP contribution in [0.25, 0.3) is 17.1 Å². The molecule has 11 heteroatoms. The van der Waals surface area contributed by atoms with E-state index in [4.69, 9.17) is 4.74 Å². The highest BCUT2D eigenvalue weighted by Crippen LogP contribution is 2.29. The number of thioether (sulfide) groups is 1. The van der Waals surface area contributed by atoms with E-state index in [-0.39, 0.29) is 23.2 Å². The van der Waals surface area contributed by atoms with Gasteiger partial charge in [0, 0.05) is 11.7 Å². The van der Waals surface area contributed by atoms with Gasteiger partial charge >= 0.3 is 12.0 Å². The number of carbonyl (C=O) groups excluding carboxylic acids is 3. The second-order valence-electron chi connectivity index (χ2n) is 7.91. The molecule has 0 unspecified atom stereocenters. The van der Waals surface area contributed by atoms with Gasteiger partial charge in [-0.25, -0.2) is 9.18 Å². The van der Waals surface area contributed by atoms with Crippen LogP contribution in [-0.4, -0.2) is 51.1 Å². The second-order valence-corrected chi connectivity index (χ2v) is 8.85. The van der Waals surface area contributed by atoms with E-state index >= 15 is 0 Å². The van der Waals surface area contributed by atoms with E-state index in [2.05, 4.69) is 20.8 Å². The third-order valence-corrected chi connectivity index (χ3v) is 6.29. The SMILES string of the molecule is O=C(COC(=O)CSc1nnc(-c2ccccc2F)n1-c1ccccc1)NC(=O)NC1CCCC1. The van der Waals surface area contributed by atoms with Gasteiger partial charge in [0.25, 0.3) is 5.91 Å². The number of amides is 3. The smallest absolute Gasteiger partial charge is 0.321 e. The van der Waals surface area contributed by atoms with E-state index in [1.165, 1.54) is 6.07 Å².